The first kappa shape index (κ1) is 17.2. The largest absolute Gasteiger partial charge is 0.387 e. The van der Waals surface area contributed by atoms with Crippen LogP contribution >= 0.6 is 0 Å². The van der Waals surface area contributed by atoms with Crippen LogP contribution in [-0.4, -0.2) is 66.1 Å². The van der Waals surface area contributed by atoms with Gasteiger partial charge in [-0.05, 0) is 5.56 Å². The third-order valence-corrected chi connectivity index (χ3v) is 3.98. The van der Waals surface area contributed by atoms with Crippen LogP contribution in [0.1, 0.15) is 18.1 Å². The van der Waals surface area contributed by atoms with Crippen LogP contribution in [0.25, 0.3) is 0 Å². The number of nitrogens with one attached hydrogen (secondary N) is 1. The Labute approximate surface area is 136 Å². The Morgan fingerprint density at radius 2 is 1.83 bits per heavy atom. The van der Waals surface area contributed by atoms with E-state index in [0.29, 0.717) is 19.6 Å². The minimum absolute atomic E-state index is 0.0157. The zero-order chi connectivity index (χ0) is 16.7. The van der Waals surface area contributed by atoms with Crippen LogP contribution in [0.2, 0.25) is 0 Å². The van der Waals surface area contributed by atoms with Gasteiger partial charge in [0.2, 0.25) is 5.91 Å². The van der Waals surface area contributed by atoms with Gasteiger partial charge in [-0.3, -0.25) is 9.69 Å². The van der Waals surface area contributed by atoms with E-state index in [2.05, 4.69) is 10.2 Å². The maximum atomic E-state index is 12.0. The van der Waals surface area contributed by atoms with Crippen LogP contribution in [0.5, 0.6) is 0 Å². The third kappa shape index (κ3) is 5.54. The minimum atomic E-state index is -0.613. The fraction of sp³-hybridized carbons (Fsp3) is 0.500. The molecule has 1 saturated heterocycles. The highest BCUT2D eigenvalue weighted by Gasteiger charge is 2.22. The number of amides is 3. The summed E-state index contributed by atoms with van der Waals surface area (Å²) in [6.07, 6.45) is -0.256. The van der Waals surface area contributed by atoms with Crippen LogP contribution in [0, 0.1) is 0 Å². The highest BCUT2D eigenvalue weighted by molar-refractivity contribution is 5.77. The Balaban J connectivity index is 1.71. The number of β-amino-alcohol motifs (C(OH)–C–C–N with tert-alkyl or cyclic N) is 1. The number of primary amides is 1. The summed E-state index contributed by atoms with van der Waals surface area (Å²) < 4.78 is 0. The number of hydrogen-bond acceptors (Lipinski definition) is 4. The van der Waals surface area contributed by atoms with Crippen molar-refractivity contribution in [3.63, 3.8) is 0 Å². The molecule has 0 aromatic heterocycles. The van der Waals surface area contributed by atoms with Gasteiger partial charge >= 0.3 is 6.03 Å². The smallest absolute Gasteiger partial charge is 0.312 e. The van der Waals surface area contributed by atoms with E-state index < -0.39 is 12.1 Å². The van der Waals surface area contributed by atoms with Crippen LogP contribution in [0.4, 0.5) is 4.79 Å². The molecule has 7 nitrogen and oxygen atoms in total. The first-order chi connectivity index (χ1) is 11.1. The molecule has 1 atom stereocenters. The number of aliphatic hydroxyl groups is 1. The number of urea groups is 1. The van der Waals surface area contributed by atoms with E-state index in [1.807, 2.05) is 30.3 Å². The number of piperazine rings is 1. The van der Waals surface area contributed by atoms with Gasteiger partial charge in [-0.1, -0.05) is 30.3 Å². The lowest BCUT2D eigenvalue weighted by molar-refractivity contribution is -0.132. The maximum Gasteiger partial charge on any atom is 0.312 e. The number of rotatable bonds is 6. The summed E-state index contributed by atoms with van der Waals surface area (Å²) in [4.78, 5) is 26.5. The summed E-state index contributed by atoms with van der Waals surface area (Å²) in [5, 5.41) is 12.7. The first-order valence-electron chi connectivity index (χ1n) is 7.82. The zero-order valence-electron chi connectivity index (χ0n) is 13.1. The summed E-state index contributed by atoms with van der Waals surface area (Å²) in [6.45, 7) is 3.57. The summed E-state index contributed by atoms with van der Waals surface area (Å²) in [5.41, 5.74) is 5.87. The maximum absolute atomic E-state index is 12.0. The fourth-order valence-electron chi connectivity index (χ4n) is 2.66. The number of nitrogens with zero attached hydrogens (tertiary/aromatic N) is 2. The number of aliphatic hydroxyl groups excluding tert-OH is 1. The summed E-state index contributed by atoms with van der Waals surface area (Å²) in [6, 6.07) is 8.96. The molecule has 0 unspecified atom stereocenters. The van der Waals surface area contributed by atoms with Crippen molar-refractivity contribution in [2.24, 2.45) is 5.73 Å². The van der Waals surface area contributed by atoms with E-state index in [0.717, 1.165) is 18.7 Å². The van der Waals surface area contributed by atoms with E-state index in [1.54, 1.807) is 4.90 Å². The molecule has 0 spiro atoms. The lowest BCUT2D eigenvalue weighted by atomic mass is 10.1. The van der Waals surface area contributed by atoms with Gasteiger partial charge in [0.05, 0.1) is 6.10 Å². The van der Waals surface area contributed by atoms with Crippen molar-refractivity contribution in [1.29, 1.82) is 0 Å². The minimum Gasteiger partial charge on any atom is -0.387 e. The number of benzene rings is 1. The van der Waals surface area contributed by atoms with Gasteiger partial charge in [-0.2, -0.15) is 0 Å². The molecule has 0 aliphatic carbocycles. The van der Waals surface area contributed by atoms with E-state index in [4.69, 9.17) is 5.73 Å². The molecule has 1 aromatic rings. The van der Waals surface area contributed by atoms with Crippen LogP contribution < -0.4 is 11.1 Å². The Hall–Kier alpha value is -2.12. The number of hydrogen-bond donors (Lipinski definition) is 3. The molecule has 23 heavy (non-hydrogen) atoms. The van der Waals surface area contributed by atoms with Crippen LogP contribution in [0.15, 0.2) is 30.3 Å². The normalized spacial score (nSPS) is 16.8. The molecule has 0 saturated carbocycles. The molecule has 0 bridgehead atoms. The molecule has 1 aromatic carbocycles. The Morgan fingerprint density at radius 1 is 1.17 bits per heavy atom. The van der Waals surface area contributed by atoms with Gasteiger partial charge in [0.25, 0.3) is 0 Å². The van der Waals surface area contributed by atoms with Gasteiger partial charge in [0.15, 0.2) is 0 Å². The van der Waals surface area contributed by atoms with E-state index in [9.17, 15) is 14.7 Å². The standard InChI is InChI=1S/C16H24N4O3/c17-16(23)18-7-6-15(22)20-10-8-19(9-11-20)12-14(21)13-4-2-1-3-5-13/h1-5,14,21H,6-12H2,(H3,17,18,23)/t14-/m1/s1. The van der Waals surface area contributed by atoms with Crippen molar-refractivity contribution in [2.75, 3.05) is 39.3 Å². The first-order valence-corrected chi connectivity index (χ1v) is 7.82. The van der Waals surface area contributed by atoms with E-state index in [-0.39, 0.29) is 18.9 Å². The molecular weight excluding hydrogens is 296 g/mol. The fourth-order valence-corrected chi connectivity index (χ4v) is 2.66. The van der Waals surface area contributed by atoms with Crippen LogP contribution in [-0.2, 0) is 4.79 Å². The van der Waals surface area contributed by atoms with Crippen LogP contribution in [0.3, 0.4) is 0 Å². The SMILES string of the molecule is NC(=O)NCCC(=O)N1CCN(C[C@@H](O)c2ccccc2)CC1. The number of carbonyl (C=O) groups is 2. The molecule has 126 valence electrons. The van der Waals surface area contributed by atoms with E-state index in [1.165, 1.54) is 0 Å². The van der Waals surface area contributed by atoms with Gasteiger partial charge in [-0.15, -0.1) is 0 Å². The molecule has 1 heterocycles. The molecule has 7 heteroatoms. The second-order valence-electron chi connectivity index (χ2n) is 5.65. The second-order valence-corrected chi connectivity index (χ2v) is 5.65. The second kappa shape index (κ2) is 8.50. The molecule has 3 amide bonds. The zero-order valence-corrected chi connectivity index (χ0v) is 13.1. The van der Waals surface area contributed by atoms with Gasteiger partial charge in [0.1, 0.15) is 0 Å². The number of carbonyl (C=O) groups excluding carboxylic acids is 2. The Kier molecular flexibility index (Phi) is 6.37. The van der Waals surface area contributed by atoms with Crippen molar-refractivity contribution in [3.05, 3.63) is 35.9 Å². The van der Waals surface area contributed by atoms with E-state index >= 15 is 0 Å². The molecule has 2 rings (SSSR count). The lowest BCUT2D eigenvalue weighted by Crippen LogP contribution is -2.50. The predicted molar refractivity (Wildman–Crippen MR) is 86.6 cm³/mol. The van der Waals surface area contributed by atoms with Gasteiger partial charge in [0, 0.05) is 45.7 Å². The average Bonchev–Trinajstić information content (AvgIpc) is 2.56. The summed E-state index contributed by atoms with van der Waals surface area (Å²) in [7, 11) is 0. The molecule has 1 fully saturated rings. The Bertz CT molecular complexity index is 515. The molecule has 4 N–H and O–H groups in total. The van der Waals surface area contributed by atoms with Crippen molar-refractivity contribution < 1.29 is 14.7 Å². The van der Waals surface area contributed by atoms with Crippen molar-refractivity contribution in [3.8, 4) is 0 Å². The molecular formula is C16H24N4O3. The topological polar surface area (TPSA) is 98.9 Å². The van der Waals surface area contributed by atoms with Crippen molar-refractivity contribution in [1.82, 2.24) is 15.1 Å². The summed E-state index contributed by atoms with van der Waals surface area (Å²) >= 11 is 0. The lowest BCUT2D eigenvalue weighted by Gasteiger charge is -2.35. The predicted octanol–water partition coefficient (Wildman–Crippen LogP) is -0.0774. The molecule has 1 aliphatic heterocycles. The number of nitrogens with two attached hydrogens (primary N) is 1. The van der Waals surface area contributed by atoms with Gasteiger partial charge < -0.3 is 21.1 Å². The summed E-state index contributed by atoms with van der Waals surface area (Å²) in [5.74, 6) is 0.0157. The van der Waals surface area contributed by atoms with Crippen molar-refractivity contribution >= 4 is 11.9 Å². The Morgan fingerprint density at radius 3 is 2.43 bits per heavy atom. The average molecular weight is 320 g/mol. The quantitative estimate of drug-likeness (QED) is 0.683. The van der Waals surface area contributed by atoms with Gasteiger partial charge in [-0.25, -0.2) is 4.79 Å². The molecule has 1 aliphatic rings. The highest BCUT2D eigenvalue weighted by atomic mass is 16.3. The molecule has 0 radical (unpaired) electrons. The monoisotopic (exact) mass is 320 g/mol. The van der Waals surface area contributed by atoms with Crippen molar-refractivity contribution in [2.45, 2.75) is 12.5 Å². The third-order valence-electron chi connectivity index (χ3n) is 3.98. The highest BCUT2D eigenvalue weighted by Crippen LogP contribution is 2.15.